The van der Waals surface area contributed by atoms with E-state index in [1.54, 1.807) is 5.32 Å². The van der Waals surface area contributed by atoms with Crippen LogP contribution < -0.4 is 5.32 Å². The van der Waals surface area contributed by atoms with Crippen molar-refractivity contribution < 1.29 is 14.3 Å². The molecule has 0 bridgehead atoms. The molecule has 2 N–H and O–H groups in total. The van der Waals surface area contributed by atoms with Gasteiger partial charge in [-0.3, -0.25) is 10.1 Å². The molecule has 0 aromatic heterocycles. The van der Waals surface area contributed by atoms with Crippen LogP contribution in [0.2, 0.25) is 0 Å². The number of halogens is 1. The summed E-state index contributed by atoms with van der Waals surface area (Å²) < 4.78 is 12.9. The highest BCUT2D eigenvalue weighted by molar-refractivity contribution is 5.95. The van der Waals surface area contributed by atoms with Crippen molar-refractivity contribution in [1.82, 2.24) is 5.32 Å². The van der Waals surface area contributed by atoms with Crippen molar-refractivity contribution in [3.8, 4) is 11.9 Å². The lowest BCUT2D eigenvalue weighted by Crippen LogP contribution is -2.18. The largest absolute Gasteiger partial charge is 0.508 e. The summed E-state index contributed by atoms with van der Waals surface area (Å²) >= 11 is 0. The van der Waals surface area contributed by atoms with Crippen LogP contribution >= 0.6 is 0 Å². The molecule has 0 spiro atoms. The molecule has 1 rings (SSSR count). The molecule has 0 aliphatic rings. The van der Waals surface area contributed by atoms with E-state index >= 15 is 0 Å². The van der Waals surface area contributed by atoms with Gasteiger partial charge in [0.15, 0.2) is 6.19 Å². The molecule has 4 nitrogen and oxygen atoms in total. The van der Waals surface area contributed by atoms with Crippen molar-refractivity contribution >= 4 is 5.91 Å². The van der Waals surface area contributed by atoms with Gasteiger partial charge in [0.2, 0.25) is 0 Å². The normalized spacial score (nSPS) is 8.92. The molecular formula is C8H5FN2O2. The van der Waals surface area contributed by atoms with Crippen LogP contribution in [-0.4, -0.2) is 11.0 Å². The molecule has 1 amide bonds. The summed E-state index contributed by atoms with van der Waals surface area (Å²) in [5.41, 5.74) is -0.278. The highest BCUT2D eigenvalue weighted by atomic mass is 19.1. The highest BCUT2D eigenvalue weighted by Gasteiger charge is 2.10. The minimum Gasteiger partial charge on any atom is -0.508 e. The number of nitrogens with zero attached hydrogens (tertiary/aromatic N) is 1. The maximum absolute atomic E-state index is 12.9. The molecule has 66 valence electrons. The number of hydrogen-bond acceptors (Lipinski definition) is 3. The number of phenols is 1. The van der Waals surface area contributed by atoms with Crippen LogP contribution in [0.5, 0.6) is 5.75 Å². The van der Waals surface area contributed by atoms with Gasteiger partial charge in [-0.2, -0.15) is 5.26 Å². The fraction of sp³-hybridized carbons (Fsp3) is 0. The van der Waals surface area contributed by atoms with Gasteiger partial charge in [0.25, 0.3) is 5.91 Å². The van der Waals surface area contributed by atoms with Crippen LogP contribution in [0.25, 0.3) is 0 Å². The zero-order valence-corrected chi connectivity index (χ0v) is 6.41. The Morgan fingerprint density at radius 2 is 2.31 bits per heavy atom. The van der Waals surface area contributed by atoms with Crippen molar-refractivity contribution in [2.45, 2.75) is 0 Å². The molecular weight excluding hydrogens is 175 g/mol. The van der Waals surface area contributed by atoms with E-state index in [4.69, 9.17) is 10.4 Å². The van der Waals surface area contributed by atoms with Gasteiger partial charge in [-0.25, -0.2) is 4.39 Å². The number of rotatable bonds is 1. The number of benzene rings is 1. The monoisotopic (exact) mass is 180 g/mol. The molecule has 0 unspecified atom stereocenters. The van der Waals surface area contributed by atoms with Gasteiger partial charge in [-0.15, -0.1) is 0 Å². The van der Waals surface area contributed by atoms with Crippen LogP contribution in [0.3, 0.4) is 0 Å². The Morgan fingerprint density at radius 1 is 1.62 bits per heavy atom. The van der Waals surface area contributed by atoms with E-state index < -0.39 is 11.7 Å². The summed E-state index contributed by atoms with van der Waals surface area (Å²) in [7, 11) is 0. The van der Waals surface area contributed by atoms with Crippen molar-refractivity contribution in [1.29, 1.82) is 5.26 Å². The van der Waals surface area contributed by atoms with Gasteiger partial charge < -0.3 is 5.11 Å². The predicted molar refractivity (Wildman–Crippen MR) is 41.1 cm³/mol. The maximum atomic E-state index is 12.9. The van der Waals surface area contributed by atoms with Gasteiger partial charge >= 0.3 is 0 Å². The molecule has 0 saturated heterocycles. The van der Waals surface area contributed by atoms with Crippen molar-refractivity contribution in [3.05, 3.63) is 29.6 Å². The lowest BCUT2D eigenvalue weighted by Gasteiger charge is -1.99. The van der Waals surface area contributed by atoms with Gasteiger partial charge in [0, 0.05) is 6.07 Å². The molecule has 5 heteroatoms. The Hall–Kier alpha value is -2.09. The molecule has 13 heavy (non-hydrogen) atoms. The predicted octanol–water partition coefficient (Wildman–Crippen LogP) is 0.742. The molecule has 0 aliphatic heterocycles. The molecule has 0 heterocycles. The zero-order chi connectivity index (χ0) is 9.84. The zero-order valence-electron chi connectivity index (χ0n) is 6.41. The Labute approximate surface area is 73.2 Å². The van der Waals surface area contributed by atoms with E-state index in [1.165, 1.54) is 6.19 Å². The van der Waals surface area contributed by atoms with Crippen LogP contribution in [0.1, 0.15) is 10.4 Å². The number of hydrogen-bond donors (Lipinski definition) is 2. The van der Waals surface area contributed by atoms with Gasteiger partial charge in [0.05, 0.1) is 5.56 Å². The van der Waals surface area contributed by atoms with Crippen molar-refractivity contribution in [2.75, 3.05) is 0 Å². The fourth-order valence-corrected chi connectivity index (χ4v) is 0.806. The second-order valence-corrected chi connectivity index (χ2v) is 2.23. The topological polar surface area (TPSA) is 73.1 Å². The van der Waals surface area contributed by atoms with Gasteiger partial charge in [-0.1, -0.05) is 0 Å². The van der Waals surface area contributed by atoms with E-state index in [9.17, 15) is 9.18 Å². The second-order valence-electron chi connectivity index (χ2n) is 2.23. The number of nitriles is 1. The van der Waals surface area contributed by atoms with Crippen molar-refractivity contribution in [3.63, 3.8) is 0 Å². The van der Waals surface area contributed by atoms with E-state index in [1.807, 2.05) is 0 Å². The van der Waals surface area contributed by atoms with Crippen LogP contribution in [0.15, 0.2) is 18.2 Å². The first-order valence-electron chi connectivity index (χ1n) is 3.33. The Balaban J connectivity index is 3.03. The minimum atomic E-state index is -0.868. The summed E-state index contributed by atoms with van der Waals surface area (Å²) in [6.45, 7) is 0. The third kappa shape index (κ3) is 1.93. The quantitative estimate of drug-likeness (QED) is 0.494. The summed E-state index contributed by atoms with van der Waals surface area (Å²) in [4.78, 5) is 10.9. The van der Waals surface area contributed by atoms with Crippen molar-refractivity contribution in [2.24, 2.45) is 0 Å². The third-order valence-corrected chi connectivity index (χ3v) is 1.37. The Bertz CT molecular complexity index is 384. The number of amides is 1. The Kier molecular flexibility index (Phi) is 2.45. The van der Waals surface area contributed by atoms with Gasteiger partial charge in [-0.05, 0) is 12.1 Å². The number of phenolic OH excluding ortho intramolecular Hbond substituents is 1. The number of nitrogens with one attached hydrogen (secondary N) is 1. The minimum absolute atomic E-state index is 0.272. The average molecular weight is 180 g/mol. The van der Waals surface area contributed by atoms with Crippen LogP contribution in [-0.2, 0) is 0 Å². The van der Waals surface area contributed by atoms with Crippen LogP contribution in [0, 0.1) is 17.3 Å². The van der Waals surface area contributed by atoms with E-state index in [-0.39, 0.29) is 11.3 Å². The average Bonchev–Trinajstić information content (AvgIpc) is 2.04. The molecule has 1 aromatic rings. The first kappa shape index (κ1) is 9.00. The second kappa shape index (κ2) is 3.54. The molecule has 0 aliphatic carbocycles. The first-order valence-corrected chi connectivity index (χ1v) is 3.33. The van der Waals surface area contributed by atoms with E-state index in [0.29, 0.717) is 0 Å². The summed E-state index contributed by atoms with van der Waals surface area (Å²) in [6, 6.07) is 3.05. The third-order valence-electron chi connectivity index (χ3n) is 1.37. The van der Waals surface area contributed by atoms with E-state index in [0.717, 1.165) is 18.2 Å². The lowest BCUT2D eigenvalue weighted by molar-refractivity contribution is 0.0969. The smallest absolute Gasteiger partial charge is 0.267 e. The molecule has 1 aromatic carbocycles. The van der Waals surface area contributed by atoms with E-state index in [2.05, 4.69) is 0 Å². The Morgan fingerprint density at radius 3 is 2.85 bits per heavy atom. The summed E-state index contributed by atoms with van der Waals surface area (Å²) in [5.74, 6) is -1.97. The maximum Gasteiger partial charge on any atom is 0.267 e. The number of aromatic hydroxyl groups is 1. The number of carbonyl (C=O) groups is 1. The summed E-state index contributed by atoms with van der Waals surface area (Å²) in [6.07, 6.45) is 1.38. The van der Waals surface area contributed by atoms with Gasteiger partial charge in [0.1, 0.15) is 11.6 Å². The standard InChI is InChI=1S/C8H5FN2O2/c9-7-3-5(12)1-2-6(7)8(13)11-4-10/h1-3,12H,(H,11,13). The molecule has 0 radical (unpaired) electrons. The fourth-order valence-electron chi connectivity index (χ4n) is 0.806. The highest BCUT2D eigenvalue weighted by Crippen LogP contribution is 2.14. The van der Waals surface area contributed by atoms with Crippen LogP contribution in [0.4, 0.5) is 4.39 Å². The SMILES string of the molecule is N#CNC(=O)c1ccc(O)cc1F. The molecule has 0 fully saturated rings. The lowest BCUT2D eigenvalue weighted by atomic mass is 10.2. The summed E-state index contributed by atoms with van der Waals surface area (Å²) in [5, 5.41) is 18.7. The first-order chi connectivity index (χ1) is 6.15. The molecule has 0 atom stereocenters. The number of carbonyl (C=O) groups excluding carboxylic acids is 1. The molecule has 0 saturated carbocycles.